The Bertz CT molecular complexity index is 982. The SMILES string of the molecule is Cc1cc(C)c(S(=O)(=O)NCCC(=O)NNC(=O)Cc2ccc(F)cc2)c(C)c1. The zero-order valence-electron chi connectivity index (χ0n) is 16.5. The van der Waals surface area contributed by atoms with E-state index in [2.05, 4.69) is 15.6 Å². The fraction of sp³-hybridized carbons (Fsp3) is 0.300. The van der Waals surface area contributed by atoms with Gasteiger partial charge >= 0.3 is 0 Å². The van der Waals surface area contributed by atoms with Crippen LogP contribution in [0, 0.1) is 26.6 Å². The van der Waals surface area contributed by atoms with Crippen LogP contribution in [0.3, 0.4) is 0 Å². The molecule has 3 N–H and O–H groups in total. The minimum atomic E-state index is -3.76. The number of aryl methyl sites for hydroxylation is 3. The van der Waals surface area contributed by atoms with Crippen LogP contribution in [0.25, 0.3) is 0 Å². The molecule has 0 bridgehead atoms. The Morgan fingerprint density at radius 3 is 2.07 bits per heavy atom. The van der Waals surface area contributed by atoms with E-state index in [1.54, 1.807) is 26.0 Å². The standard InChI is InChI=1S/C20H24FN3O4S/c1-13-10-14(2)20(15(3)11-13)29(27,28)22-9-8-18(25)23-24-19(26)12-16-4-6-17(21)7-5-16/h4-7,10-11,22H,8-9,12H2,1-3H3,(H,23,25)(H,24,26). The number of halogens is 1. The van der Waals surface area contributed by atoms with Gasteiger partial charge in [-0.1, -0.05) is 29.8 Å². The summed E-state index contributed by atoms with van der Waals surface area (Å²) in [5, 5.41) is 0. The van der Waals surface area contributed by atoms with Crippen LogP contribution in [0.15, 0.2) is 41.3 Å². The Labute approximate surface area is 169 Å². The lowest BCUT2D eigenvalue weighted by Gasteiger charge is -2.13. The van der Waals surface area contributed by atoms with E-state index >= 15 is 0 Å². The van der Waals surface area contributed by atoms with Gasteiger partial charge in [0.25, 0.3) is 0 Å². The summed E-state index contributed by atoms with van der Waals surface area (Å²) in [6.07, 6.45) is -0.181. The number of rotatable bonds is 7. The van der Waals surface area contributed by atoms with Crippen molar-refractivity contribution < 1.29 is 22.4 Å². The predicted octanol–water partition coefficient (Wildman–Crippen LogP) is 1.81. The Hall–Kier alpha value is -2.78. The minimum Gasteiger partial charge on any atom is -0.273 e. The predicted molar refractivity (Wildman–Crippen MR) is 107 cm³/mol. The molecule has 9 heteroatoms. The molecule has 7 nitrogen and oxygen atoms in total. The van der Waals surface area contributed by atoms with Crippen molar-refractivity contribution in [3.05, 3.63) is 64.5 Å². The quantitative estimate of drug-likeness (QED) is 0.593. The summed E-state index contributed by atoms with van der Waals surface area (Å²) in [5.74, 6) is -1.42. The smallest absolute Gasteiger partial charge is 0.242 e. The average molecular weight is 421 g/mol. The molecule has 0 aliphatic carbocycles. The first-order valence-electron chi connectivity index (χ1n) is 8.98. The van der Waals surface area contributed by atoms with Gasteiger partial charge in [-0.05, 0) is 49.6 Å². The van der Waals surface area contributed by atoms with E-state index < -0.39 is 27.7 Å². The van der Waals surface area contributed by atoms with Crippen molar-refractivity contribution in [1.82, 2.24) is 15.6 Å². The van der Waals surface area contributed by atoms with Crippen LogP contribution in [-0.4, -0.2) is 26.8 Å². The molecule has 0 atom stereocenters. The maximum absolute atomic E-state index is 12.8. The van der Waals surface area contributed by atoms with E-state index in [1.165, 1.54) is 24.3 Å². The topological polar surface area (TPSA) is 104 Å². The lowest BCUT2D eigenvalue weighted by atomic mass is 10.1. The molecule has 2 rings (SSSR count). The summed E-state index contributed by atoms with van der Waals surface area (Å²) >= 11 is 0. The van der Waals surface area contributed by atoms with E-state index in [-0.39, 0.29) is 24.3 Å². The lowest BCUT2D eigenvalue weighted by Crippen LogP contribution is -2.43. The molecule has 0 aliphatic heterocycles. The van der Waals surface area contributed by atoms with E-state index in [0.29, 0.717) is 16.7 Å². The van der Waals surface area contributed by atoms with Crippen LogP contribution in [0.4, 0.5) is 4.39 Å². The fourth-order valence-corrected chi connectivity index (χ4v) is 4.48. The van der Waals surface area contributed by atoms with E-state index in [1.807, 2.05) is 6.92 Å². The second kappa shape index (κ2) is 9.62. The Morgan fingerprint density at radius 2 is 1.48 bits per heavy atom. The van der Waals surface area contributed by atoms with Crippen molar-refractivity contribution in [3.63, 3.8) is 0 Å². The van der Waals surface area contributed by atoms with Crippen LogP contribution >= 0.6 is 0 Å². The number of benzene rings is 2. The molecule has 0 saturated carbocycles. The number of carbonyl (C=O) groups is 2. The Balaban J connectivity index is 1.80. The summed E-state index contributed by atoms with van der Waals surface area (Å²) in [6, 6.07) is 8.99. The largest absolute Gasteiger partial charge is 0.273 e. The van der Waals surface area contributed by atoms with Crippen molar-refractivity contribution in [3.8, 4) is 0 Å². The highest BCUT2D eigenvalue weighted by atomic mass is 32.2. The molecule has 2 aromatic carbocycles. The first kappa shape index (κ1) is 22.5. The summed E-state index contributed by atoms with van der Waals surface area (Å²) < 4.78 is 40.3. The van der Waals surface area contributed by atoms with Crippen LogP contribution in [0.5, 0.6) is 0 Å². The summed E-state index contributed by atoms with van der Waals surface area (Å²) in [4.78, 5) is 23.8. The van der Waals surface area contributed by atoms with Gasteiger partial charge < -0.3 is 0 Å². The monoisotopic (exact) mass is 421 g/mol. The summed E-state index contributed by atoms with van der Waals surface area (Å²) in [6.45, 7) is 5.21. The number of amides is 2. The van der Waals surface area contributed by atoms with Gasteiger partial charge in [-0.2, -0.15) is 0 Å². The maximum atomic E-state index is 12.8. The number of hydrazine groups is 1. The zero-order chi connectivity index (χ0) is 21.6. The molecule has 0 radical (unpaired) electrons. The van der Waals surface area contributed by atoms with Crippen molar-refractivity contribution in [1.29, 1.82) is 0 Å². The van der Waals surface area contributed by atoms with Gasteiger partial charge in [0.05, 0.1) is 11.3 Å². The molecule has 0 spiro atoms. The highest BCUT2D eigenvalue weighted by Gasteiger charge is 2.19. The van der Waals surface area contributed by atoms with Gasteiger partial charge in [0.1, 0.15) is 5.82 Å². The Kier molecular flexibility index (Phi) is 7.46. The average Bonchev–Trinajstić information content (AvgIpc) is 2.60. The van der Waals surface area contributed by atoms with Crippen LogP contribution in [0.2, 0.25) is 0 Å². The van der Waals surface area contributed by atoms with Gasteiger partial charge in [-0.3, -0.25) is 20.4 Å². The van der Waals surface area contributed by atoms with Crippen LogP contribution < -0.4 is 15.6 Å². The molecule has 0 saturated heterocycles. The van der Waals surface area contributed by atoms with Crippen molar-refractivity contribution in [2.24, 2.45) is 0 Å². The molecule has 0 aliphatic rings. The number of carbonyl (C=O) groups excluding carboxylic acids is 2. The van der Waals surface area contributed by atoms with Gasteiger partial charge in [-0.15, -0.1) is 0 Å². The molecule has 0 aromatic heterocycles. The van der Waals surface area contributed by atoms with Crippen molar-refractivity contribution in [2.45, 2.75) is 38.5 Å². The highest BCUT2D eigenvalue weighted by molar-refractivity contribution is 7.89. The normalized spacial score (nSPS) is 11.2. The second-order valence-electron chi connectivity index (χ2n) is 6.78. The van der Waals surface area contributed by atoms with E-state index in [4.69, 9.17) is 0 Å². The molecular weight excluding hydrogens is 397 g/mol. The molecule has 2 amide bonds. The second-order valence-corrected chi connectivity index (χ2v) is 8.48. The third kappa shape index (κ3) is 6.65. The molecule has 0 heterocycles. The Morgan fingerprint density at radius 1 is 0.931 bits per heavy atom. The first-order chi connectivity index (χ1) is 13.6. The van der Waals surface area contributed by atoms with Gasteiger partial charge in [-0.25, -0.2) is 17.5 Å². The third-order valence-corrected chi connectivity index (χ3v) is 5.90. The molecule has 2 aromatic rings. The van der Waals surface area contributed by atoms with E-state index in [0.717, 1.165) is 5.56 Å². The number of hydrogen-bond acceptors (Lipinski definition) is 4. The molecular formula is C20H24FN3O4S. The summed E-state index contributed by atoms with van der Waals surface area (Å²) in [7, 11) is -3.76. The third-order valence-electron chi connectivity index (χ3n) is 4.14. The minimum absolute atomic E-state index is 0.0286. The highest BCUT2D eigenvalue weighted by Crippen LogP contribution is 2.21. The number of nitrogens with one attached hydrogen (secondary N) is 3. The van der Waals surface area contributed by atoms with Crippen molar-refractivity contribution >= 4 is 21.8 Å². The van der Waals surface area contributed by atoms with Crippen LogP contribution in [0.1, 0.15) is 28.7 Å². The van der Waals surface area contributed by atoms with Gasteiger partial charge in [0.2, 0.25) is 21.8 Å². The molecule has 156 valence electrons. The fourth-order valence-electron chi connectivity index (χ4n) is 3.00. The zero-order valence-corrected chi connectivity index (χ0v) is 17.3. The lowest BCUT2D eigenvalue weighted by molar-refractivity contribution is -0.128. The van der Waals surface area contributed by atoms with Crippen molar-refractivity contribution in [2.75, 3.05) is 6.54 Å². The maximum Gasteiger partial charge on any atom is 0.242 e. The van der Waals surface area contributed by atoms with Gasteiger partial charge in [0.15, 0.2) is 0 Å². The molecule has 29 heavy (non-hydrogen) atoms. The number of sulfonamides is 1. The number of hydrogen-bond donors (Lipinski definition) is 3. The first-order valence-corrected chi connectivity index (χ1v) is 10.5. The molecule has 0 fully saturated rings. The molecule has 0 unspecified atom stereocenters. The van der Waals surface area contributed by atoms with E-state index in [9.17, 15) is 22.4 Å². The van der Waals surface area contributed by atoms with Crippen LogP contribution in [-0.2, 0) is 26.0 Å². The summed E-state index contributed by atoms with van der Waals surface area (Å²) in [5.41, 5.74) is 7.29. The van der Waals surface area contributed by atoms with Gasteiger partial charge in [0, 0.05) is 13.0 Å².